The summed E-state index contributed by atoms with van der Waals surface area (Å²) >= 11 is 0. The van der Waals surface area contributed by atoms with Crippen molar-refractivity contribution >= 4 is 10.0 Å². The van der Waals surface area contributed by atoms with E-state index in [0.29, 0.717) is 0 Å². The number of hydrogen-bond donors (Lipinski definition) is 1. The Balaban J connectivity index is 1.87. The lowest BCUT2D eigenvalue weighted by Crippen LogP contribution is -2.46. The van der Waals surface area contributed by atoms with Crippen molar-refractivity contribution in [3.63, 3.8) is 0 Å². The van der Waals surface area contributed by atoms with Crippen molar-refractivity contribution in [2.24, 2.45) is 0 Å². The second kappa shape index (κ2) is 7.35. The van der Waals surface area contributed by atoms with Crippen LogP contribution in [0.2, 0.25) is 0 Å². The van der Waals surface area contributed by atoms with Gasteiger partial charge in [0.15, 0.2) is 0 Å². The molecule has 0 aliphatic carbocycles. The molecule has 5 nitrogen and oxygen atoms in total. The molecule has 1 aliphatic rings. The molecule has 0 unspecified atom stereocenters. The Morgan fingerprint density at radius 3 is 2.71 bits per heavy atom. The molecule has 6 heteroatoms. The van der Waals surface area contributed by atoms with E-state index in [2.05, 4.69) is 9.62 Å². The van der Waals surface area contributed by atoms with Crippen LogP contribution < -0.4 is 4.72 Å². The maximum atomic E-state index is 12.2. The number of hydrogen-bond acceptors (Lipinski definition) is 4. The average molecular weight is 312 g/mol. The minimum absolute atomic E-state index is 0.0299. The zero-order chi connectivity index (χ0) is 15.3. The molecule has 1 atom stereocenters. The van der Waals surface area contributed by atoms with Crippen molar-refractivity contribution in [3.8, 4) is 0 Å². The summed E-state index contributed by atoms with van der Waals surface area (Å²) in [5, 5.41) is 0. The molecule has 118 valence electrons. The molecule has 0 aromatic heterocycles. The van der Waals surface area contributed by atoms with Crippen LogP contribution in [-0.2, 0) is 20.5 Å². The molecule has 1 N–H and O–H groups in total. The van der Waals surface area contributed by atoms with Crippen molar-refractivity contribution in [1.82, 2.24) is 9.62 Å². The highest BCUT2D eigenvalue weighted by Gasteiger charge is 2.19. The normalized spacial score (nSPS) is 18.6. The van der Waals surface area contributed by atoms with Crippen LogP contribution in [0.25, 0.3) is 0 Å². The van der Waals surface area contributed by atoms with Crippen LogP contribution in [0.4, 0.5) is 0 Å². The molecule has 2 rings (SSSR count). The molecule has 21 heavy (non-hydrogen) atoms. The minimum Gasteiger partial charge on any atom is -0.379 e. The van der Waals surface area contributed by atoms with Gasteiger partial charge in [0.05, 0.1) is 19.0 Å². The van der Waals surface area contributed by atoms with Crippen molar-refractivity contribution in [1.29, 1.82) is 0 Å². The first-order chi connectivity index (χ1) is 9.94. The zero-order valence-corrected chi connectivity index (χ0v) is 13.5. The molecule has 0 saturated carbocycles. The maximum absolute atomic E-state index is 12.2. The SMILES string of the molecule is Cc1cccc(CS(=O)(=O)N[C@@H](C)CN2CCOCC2)c1. The predicted octanol–water partition coefficient (Wildman–Crippen LogP) is 1.14. The summed E-state index contributed by atoms with van der Waals surface area (Å²) < 4.78 is 32.5. The van der Waals surface area contributed by atoms with Crippen LogP contribution in [0.3, 0.4) is 0 Å². The van der Waals surface area contributed by atoms with Crippen LogP contribution in [-0.4, -0.2) is 52.2 Å². The minimum atomic E-state index is -3.31. The molecule has 1 aromatic carbocycles. The molecule has 0 spiro atoms. The van der Waals surface area contributed by atoms with Crippen LogP contribution in [0.5, 0.6) is 0 Å². The standard InChI is InChI=1S/C15H24N2O3S/c1-13-4-3-5-15(10-13)12-21(18,19)16-14(2)11-17-6-8-20-9-7-17/h3-5,10,14,16H,6-9,11-12H2,1-2H3/t14-/m0/s1. The van der Waals surface area contributed by atoms with E-state index in [1.165, 1.54) is 0 Å². The Morgan fingerprint density at radius 2 is 2.05 bits per heavy atom. The number of nitrogens with zero attached hydrogens (tertiary/aromatic N) is 1. The molecule has 0 radical (unpaired) electrons. The maximum Gasteiger partial charge on any atom is 0.216 e. The lowest BCUT2D eigenvalue weighted by atomic mass is 10.2. The van der Waals surface area contributed by atoms with E-state index in [4.69, 9.17) is 4.74 Å². The van der Waals surface area contributed by atoms with Crippen LogP contribution in [0.15, 0.2) is 24.3 Å². The number of rotatable bonds is 6. The van der Waals surface area contributed by atoms with Gasteiger partial charge in [-0.05, 0) is 19.4 Å². The Bertz CT molecular complexity index is 554. The molecule has 0 amide bonds. The molecule has 0 bridgehead atoms. The molecule has 1 aromatic rings. The Labute approximate surface area is 127 Å². The number of sulfonamides is 1. The lowest BCUT2D eigenvalue weighted by Gasteiger charge is -2.29. The van der Waals surface area contributed by atoms with E-state index >= 15 is 0 Å². The van der Waals surface area contributed by atoms with Gasteiger partial charge in [0, 0.05) is 25.7 Å². The summed E-state index contributed by atoms with van der Waals surface area (Å²) in [6.07, 6.45) is 0. The quantitative estimate of drug-likeness (QED) is 0.856. The fourth-order valence-corrected chi connectivity index (χ4v) is 3.97. The van der Waals surface area contributed by atoms with E-state index in [1.807, 2.05) is 38.1 Å². The molecule has 1 heterocycles. The molecule has 1 saturated heterocycles. The van der Waals surface area contributed by atoms with Crippen molar-refractivity contribution in [3.05, 3.63) is 35.4 Å². The first-order valence-corrected chi connectivity index (χ1v) is 8.95. The topological polar surface area (TPSA) is 58.6 Å². The van der Waals surface area contributed by atoms with Crippen molar-refractivity contribution < 1.29 is 13.2 Å². The number of nitrogens with one attached hydrogen (secondary N) is 1. The monoisotopic (exact) mass is 312 g/mol. The Kier molecular flexibility index (Phi) is 5.75. The first kappa shape index (κ1) is 16.4. The summed E-state index contributed by atoms with van der Waals surface area (Å²) in [5.74, 6) is 0.0299. The Morgan fingerprint density at radius 1 is 1.33 bits per heavy atom. The van der Waals surface area contributed by atoms with Gasteiger partial charge in [-0.1, -0.05) is 29.8 Å². The van der Waals surface area contributed by atoms with Crippen LogP contribution in [0, 0.1) is 6.92 Å². The summed E-state index contributed by atoms with van der Waals surface area (Å²) in [5.41, 5.74) is 1.89. The fraction of sp³-hybridized carbons (Fsp3) is 0.600. The van der Waals surface area contributed by atoms with Crippen molar-refractivity contribution in [2.75, 3.05) is 32.8 Å². The molecule has 1 aliphatic heterocycles. The third-order valence-electron chi connectivity index (χ3n) is 3.46. The number of morpholine rings is 1. The van der Waals surface area contributed by atoms with Gasteiger partial charge in [-0.2, -0.15) is 0 Å². The third-order valence-corrected chi connectivity index (χ3v) is 4.93. The largest absolute Gasteiger partial charge is 0.379 e. The summed E-state index contributed by atoms with van der Waals surface area (Å²) in [6.45, 7) is 7.77. The zero-order valence-electron chi connectivity index (χ0n) is 12.7. The lowest BCUT2D eigenvalue weighted by molar-refractivity contribution is 0.0354. The van der Waals surface area contributed by atoms with E-state index in [0.717, 1.165) is 44.0 Å². The smallest absolute Gasteiger partial charge is 0.216 e. The van der Waals surface area contributed by atoms with E-state index < -0.39 is 10.0 Å². The second-order valence-electron chi connectivity index (χ2n) is 5.68. The number of ether oxygens (including phenoxy) is 1. The van der Waals surface area contributed by atoms with Gasteiger partial charge < -0.3 is 4.74 Å². The number of aryl methyl sites for hydroxylation is 1. The Hall–Kier alpha value is -0.950. The van der Waals surface area contributed by atoms with E-state index in [-0.39, 0.29) is 11.8 Å². The van der Waals surface area contributed by atoms with Gasteiger partial charge in [-0.3, -0.25) is 4.90 Å². The van der Waals surface area contributed by atoms with Gasteiger partial charge in [-0.15, -0.1) is 0 Å². The van der Waals surface area contributed by atoms with Gasteiger partial charge in [-0.25, -0.2) is 13.1 Å². The van der Waals surface area contributed by atoms with Gasteiger partial charge in [0.2, 0.25) is 10.0 Å². The molecule has 1 fully saturated rings. The van der Waals surface area contributed by atoms with Crippen molar-refractivity contribution in [2.45, 2.75) is 25.6 Å². The highest BCUT2D eigenvalue weighted by atomic mass is 32.2. The highest BCUT2D eigenvalue weighted by molar-refractivity contribution is 7.88. The second-order valence-corrected chi connectivity index (χ2v) is 7.43. The van der Waals surface area contributed by atoms with Gasteiger partial charge in [0.1, 0.15) is 0 Å². The van der Waals surface area contributed by atoms with E-state index in [1.54, 1.807) is 0 Å². The van der Waals surface area contributed by atoms with Crippen LogP contribution >= 0.6 is 0 Å². The van der Waals surface area contributed by atoms with Crippen LogP contribution in [0.1, 0.15) is 18.1 Å². The van der Waals surface area contributed by atoms with Gasteiger partial charge >= 0.3 is 0 Å². The molecular weight excluding hydrogens is 288 g/mol. The summed E-state index contributed by atoms with van der Waals surface area (Å²) in [6, 6.07) is 7.50. The summed E-state index contributed by atoms with van der Waals surface area (Å²) in [7, 11) is -3.31. The van der Waals surface area contributed by atoms with E-state index in [9.17, 15) is 8.42 Å². The summed E-state index contributed by atoms with van der Waals surface area (Å²) in [4.78, 5) is 2.23. The van der Waals surface area contributed by atoms with Gasteiger partial charge in [0.25, 0.3) is 0 Å². The predicted molar refractivity (Wildman–Crippen MR) is 83.7 cm³/mol. The average Bonchev–Trinajstić information content (AvgIpc) is 2.38. The third kappa shape index (κ3) is 5.74. The molecular formula is C15H24N2O3S. The number of benzene rings is 1. The fourth-order valence-electron chi connectivity index (χ4n) is 2.58. The first-order valence-electron chi connectivity index (χ1n) is 7.30. The highest BCUT2D eigenvalue weighted by Crippen LogP contribution is 2.08.